The molecule has 1 aromatic heterocycles. The maximum atomic E-state index is 12.2. The summed E-state index contributed by atoms with van der Waals surface area (Å²) in [6.45, 7) is 0.171. The molecule has 0 radical (unpaired) electrons. The first kappa shape index (κ1) is 16.5. The zero-order chi connectivity index (χ0) is 19.3. The molecule has 1 fully saturated rings. The average Bonchev–Trinajstić information content (AvgIpc) is 3.30. The van der Waals surface area contributed by atoms with E-state index >= 15 is 0 Å². The molecule has 1 saturated heterocycles. The van der Waals surface area contributed by atoms with E-state index in [4.69, 9.17) is 4.42 Å². The molecule has 0 aliphatic carbocycles. The number of amides is 1. The second-order valence-electron chi connectivity index (χ2n) is 6.94. The fraction of sp³-hybridized carbons (Fsp3) is 0.136. The van der Waals surface area contributed by atoms with Gasteiger partial charge in [0.1, 0.15) is 5.52 Å². The highest BCUT2D eigenvalue weighted by Crippen LogP contribution is 2.33. The molecule has 3 aromatic carbocycles. The maximum Gasteiger partial charge on any atom is 0.308 e. The second kappa shape index (κ2) is 6.20. The van der Waals surface area contributed by atoms with E-state index in [0.717, 1.165) is 16.3 Å². The quantitative estimate of drug-likeness (QED) is 0.586. The number of carbonyl (C=O) groups is 2. The molecule has 1 amide bonds. The summed E-state index contributed by atoms with van der Waals surface area (Å²) in [7, 11) is 0. The molecule has 2 heterocycles. The molecule has 1 aliphatic heterocycles. The van der Waals surface area contributed by atoms with Crippen LogP contribution in [0.4, 0.5) is 5.69 Å². The van der Waals surface area contributed by atoms with E-state index in [9.17, 15) is 14.7 Å². The molecule has 4 aromatic rings. The smallest absolute Gasteiger partial charge is 0.308 e. The van der Waals surface area contributed by atoms with E-state index in [2.05, 4.69) is 4.98 Å². The van der Waals surface area contributed by atoms with Crippen LogP contribution in [0, 0.1) is 5.92 Å². The predicted molar refractivity (Wildman–Crippen MR) is 105 cm³/mol. The van der Waals surface area contributed by atoms with Crippen LogP contribution < -0.4 is 4.90 Å². The van der Waals surface area contributed by atoms with Crippen LogP contribution in [0.1, 0.15) is 6.42 Å². The first-order valence-corrected chi connectivity index (χ1v) is 9.02. The Morgan fingerprint density at radius 2 is 1.93 bits per heavy atom. The Bertz CT molecular complexity index is 1240. The van der Waals surface area contributed by atoms with Crippen molar-refractivity contribution >= 4 is 39.4 Å². The molecular weight excluding hydrogens is 356 g/mol. The Morgan fingerprint density at radius 1 is 1.11 bits per heavy atom. The zero-order valence-electron chi connectivity index (χ0n) is 14.8. The van der Waals surface area contributed by atoms with E-state index < -0.39 is 11.9 Å². The molecule has 5 rings (SSSR count). The van der Waals surface area contributed by atoms with Gasteiger partial charge in [-0.2, -0.15) is 0 Å². The number of aromatic nitrogens is 1. The predicted octanol–water partition coefficient (Wildman–Crippen LogP) is 4.09. The zero-order valence-corrected chi connectivity index (χ0v) is 14.8. The number of nitrogens with zero attached hydrogens (tertiary/aromatic N) is 2. The standard InChI is InChI=1S/C22H16N2O4/c25-20-10-14(22(26)27)12-24(20)15-8-9-18-19(11-15)28-21(23-18)17-7-3-5-13-4-1-2-6-16(13)17/h1-9,11,14H,10,12H2,(H,26,27). The van der Waals surface area contributed by atoms with E-state index in [1.807, 2.05) is 42.5 Å². The molecule has 138 valence electrons. The summed E-state index contributed by atoms with van der Waals surface area (Å²) >= 11 is 0. The van der Waals surface area contributed by atoms with E-state index in [1.54, 1.807) is 18.2 Å². The van der Waals surface area contributed by atoms with Gasteiger partial charge in [0, 0.05) is 30.3 Å². The van der Waals surface area contributed by atoms with Crippen LogP contribution in [-0.2, 0) is 9.59 Å². The summed E-state index contributed by atoms with van der Waals surface area (Å²) in [5.41, 5.74) is 2.78. The number of fused-ring (bicyclic) bond motifs is 2. The molecule has 1 N–H and O–H groups in total. The number of hydrogen-bond acceptors (Lipinski definition) is 4. The third-order valence-electron chi connectivity index (χ3n) is 5.18. The Hall–Kier alpha value is -3.67. The van der Waals surface area contributed by atoms with Crippen molar-refractivity contribution in [2.45, 2.75) is 6.42 Å². The molecule has 0 spiro atoms. The van der Waals surface area contributed by atoms with Crippen molar-refractivity contribution in [3.8, 4) is 11.5 Å². The van der Waals surface area contributed by atoms with Gasteiger partial charge in [0.05, 0.1) is 5.92 Å². The van der Waals surface area contributed by atoms with Crippen LogP contribution in [0.2, 0.25) is 0 Å². The van der Waals surface area contributed by atoms with Crippen molar-refractivity contribution in [1.29, 1.82) is 0 Å². The first-order valence-electron chi connectivity index (χ1n) is 9.02. The van der Waals surface area contributed by atoms with E-state index in [1.165, 1.54) is 4.90 Å². The van der Waals surface area contributed by atoms with E-state index in [-0.39, 0.29) is 18.9 Å². The van der Waals surface area contributed by atoms with Gasteiger partial charge in [-0.1, -0.05) is 36.4 Å². The monoisotopic (exact) mass is 372 g/mol. The fourth-order valence-electron chi connectivity index (χ4n) is 3.73. The lowest BCUT2D eigenvalue weighted by Crippen LogP contribution is -2.25. The molecule has 6 nitrogen and oxygen atoms in total. The highest BCUT2D eigenvalue weighted by atomic mass is 16.4. The number of rotatable bonds is 3. The third kappa shape index (κ3) is 2.62. The third-order valence-corrected chi connectivity index (χ3v) is 5.18. The lowest BCUT2D eigenvalue weighted by Gasteiger charge is -2.15. The lowest BCUT2D eigenvalue weighted by molar-refractivity contribution is -0.141. The van der Waals surface area contributed by atoms with Crippen molar-refractivity contribution in [3.63, 3.8) is 0 Å². The van der Waals surface area contributed by atoms with Crippen molar-refractivity contribution in [2.24, 2.45) is 5.92 Å². The number of carboxylic acid groups (broad SMARTS) is 1. The van der Waals surface area contributed by atoms with Gasteiger partial charge in [-0.25, -0.2) is 4.98 Å². The average molecular weight is 372 g/mol. The topological polar surface area (TPSA) is 83.6 Å². The van der Waals surface area contributed by atoms with Crippen molar-refractivity contribution in [3.05, 3.63) is 60.7 Å². The van der Waals surface area contributed by atoms with Gasteiger partial charge in [0.15, 0.2) is 5.58 Å². The number of anilines is 1. The molecule has 0 bridgehead atoms. The summed E-state index contributed by atoms with van der Waals surface area (Å²) < 4.78 is 6.01. The van der Waals surface area contributed by atoms with Gasteiger partial charge in [-0.05, 0) is 29.0 Å². The van der Waals surface area contributed by atoms with Gasteiger partial charge < -0.3 is 14.4 Å². The Labute approximate surface area is 160 Å². The number of benzene rings is 3. The van der Waals surface area contributed by atoms with Gasteiger partial charge in [-0.3, -0.25) is 9.59 Å². The Balaban J connectivity index is 1.56. The van der Waals surface area contributed by atoms with Crippen LogP contribution in [0.5, 0.6) is 0 Å². The summed E-state index contributed by atoms with van der Waals surface area (Å²) in [6, 6.07) is 19.3. The van der Waals surface area contributed by atoms with Gasteiger partial charge in [0.2, 0.25) is 11.8 Å². The first-order chi connectivity index (χ1) is 13.6. The lowest BCUT2D eigenvalue weighted by atomic mass is 10.0. The highest BCUT2D eigenvalue weighted by molar-refractivity contribution is 6.00. The minimum atomic E-state index is -0.949. The Kier molecular flexibility index (Phi) is 3.65. The van der Waals surface area contributed by atoms with Crippen molar-refractivity contribution in [2.75, 3.05) is 11.4 Å². The normalized spacial score (nSPS) is 16.9. The SMILES string of the molecule is O=C(O)C1CC(=O)N(c2ccc3nc(-c4cccc5ccccc45)oc3c2)C1. The molecule has 28 heavy (non-hydrogen) atoms. The molecule has 6 heteroatoms. The minimum Gasteiger partial charge on any atom is -0.481 e. The fourth-order valence-corrected chi connectivity index (χ4v) is 3.73. The van der Waals surface area contributed by atoms with E-state index in [0.29, 0.717) is 22.7 Å². The van der Waals surface area contributed by atoms with Crippen LogP contribution >= 0.6 is 0 Å². The molecule has 1 aliphatic rings. The number of carbonyl (C=O) groups excluding carboxylic acids is 1. The summed E-state index contributed by atoms with van der Waals surface area (Å²) in [6.07, 6.45) is 0.0189. The molecule has 1 atom stereocenters. The van der Waals surface area contributed by atoms with Crippen LogP contribution in [0.15, 0.2) is 65.1 Å². The highest BCUT2D eigenvalue weighted by Gasteiger charge is 2.35. The van der Waals surface area contributed by atoms with Gasteiger partial charge in [-0.15, -0.1) is 0 Å². The van der Waals surface area contributed by atoms with Gasteiger partial charge >= 0.3 is 5.97 Å². The molecule has 1 unspecified atom stereocenters. The van der Waals surface area contributed by atoms with Gasteiger partial charge in [0.25, 0.3) is 0 Å². The number of oxazole rings is 1. The molecular formula is C22H16N2O4. The van der Waals surface area contributed by atoms with Crippen LogP contribution in [-0.4, -0.2) is 28.5 Å². The van der Waals surface area contributed by atoms with Crippen LogP contribution in [0.3, 0.4) is 0 Å². The van der Waals surface area contributed by atoms with Crippen molar-refractivity contribution < 1.29 is 19.1 Å². The summed E-state index contributed by atoms with van der Waals surface area (Å²) in [5, 5.41) is 11.3. The Morgan fingerprint density at radius 3 is 2.75 bits per heavy atom. The molecule has 0 saturated carbocycles. The summed E-state index contributed by atoms with van der Waals surface area (Å²) in [5.74, 6) is -1.31. The minimum absolute atomic E-state index is 0.0189. The number of carboxylic acids is 1. The number of aliphatic carboxylic acids is 1. The largest absolute Gasteiger partial charge is 0.481 e. The number of hydrogen-bond donors (Lipinski definition) is 1. The maximum absolute atomic E-state index is 12.2. The summed E-state index contributed by atoms with van der Waals surface area (Å²) in [4.78, 5) is 29.5. The van der Waals surface area contributed by atoms with Crippen LogP contribution in [0.25, 0.3) is 33.3 Å². The second-order valence-corrected chi connectivity index (χ2v) is 6.94. The van der Waals surface area contributed by atoms with Crippen molar-refractivity contribution in [1.82, 2.24) is 4.98 Å².